The van der Waals surface area contributed by atoms with Crippen LogP contribution in [0.1, 0.15) is 43.0 Å². The van der Waals surface area contributed by atoms with Crippen molar-refractivity contribution in [3.63, 3.8) is 0 Å². The van der Waals surface area contributed by atoms with Gasteiger partial charge in [-0.1, -0.05) is 55.5 Å². The maximum atomic E-state index is 14.6. The SMILES string of the molecule is CCCCCCNC(=O)c1cc2nc(Nc3c(Cl)cccc3Cl)n(C)c2cc1F. The fourth-order valence-electron chi connectivity index (χ4n) is 3.08. The van der Waals surface area contributed by atoms with Crippen LogP contribution in [0.5, 0.6) is 0 Å². The smallest absolute Gasteiger partial charge is 0.254 e. The first-order valence-corrected chi connectivity index (χ1v) is 10.3. The van der Waals surface area contributed by atoms with E-state index >= 15 is 0 Å². The van der Waals surface area contributed by atoms with E-state index < -0.39 is 11.7 Å². The first kappa shape index (κ1) is 21.4. The van der Waals surface area contributed by atoms with Crippen LogP contribution in [0.25, 0.3) is 11.0 Å². The molecule has 8 heteroatoms. The van der Waals surface area contributed by atoms with E-state index in [1.807, 2.05) is 0 Å². The van der Waals surface area contributed by atoms with Crippen molar-refractivity contribution in [1.82, 2.24) is 14.9 Å². The van der Waals surface area contributed by atoms with Crippen LogP contribution in [0.3, 0.4) is 0 Å². The number of aryl methyl sites for hydroxylation is 1. The number of nitrogens with zero attached hydrogens (tertiary/aromatic N) is 2. The van der Waals surface area contributed by atoms with Gasteiger partial charge >= 0.3 is 0 Å². The summed E-state index contributed by atoms with van der Waals surface area (Å²) in [5.74, 6) is -0.587. The highest BCUT2D eigenvalue weighted by Crippen LogP contribution is 2.33. The van der Waals surface area contributed by atoms with Gasteiger partial charge in [-0.05, 0) is 24.6 Å². The standard InChI is InChI=1S/C21H23Cl2FN4O/c1-3-4-5-6-10-25-20(29)13-11-17-18(12-16(13)24)28(2)21(26-17)27-19-14(22)8-7-9-15(19)23/h7-9,11-12H,3-6,10H2,1-2H3,(H,25,29)(H,26,27). The number of fused-ring (bicyclic) bond motifs is 1. The highest BCUT2D eigenvalue weighted by atomic mass is 35.5. The average molecular weight is 437 g/mol. The predicted molar refractivity (Wildman–Crippen MR) is 117 cm³/mol. The minimum Gasteiger partial charge on any atom is -0.352 e. The number of benzene rings is 2. The Kier molecular flexibility index (Phi) is 6.98. The Hall–Kier alpha value is -2.31. The van der Waals surface area contributed by atoms with E-state index in [4.69, 9.17) is 23.2 Å². The zero-order valence-corrected chi connectivity index (χ0v) is 17.9. The molecular formula is C21H23Cl2FN4O. The van der Waals surface area contributed by atoms with Gasteiger partial charge in [-0.25, -0.2) is 9.37 Å². The number of halogens is 3. The molecule has 1 amide bonds. The highest BCUT2D eigenvalue weighted by Gasteiger charge is 2.18. The van der Waals surface area contributed by atoms with Crippen molar-refractivity contribution in [2.45, 2.75) is 32.6 Å². The zero-order chi connectivity index (χ0) is 21.0. The Morgan fingerprint density at radius 1 is 1.17 bits per heavy atom. The second-order valence-electron chi connectivity index (χ2n) is 6.85. The topological polar surface area (TPSA) is 59.0 Å². The number of imidazole rings is 1. The molecule has 0 saturated carbocycles. The van der Waals surface area contributed by atoms with E-state index in [9.17, 15) is 9.18 Å². The number of unbranched alkanes of at least 4 members (excludes halogenated alkanes) is 3. The summed E-state index contributed by atoms with van der Waals surface area (Å²) < 4.78 is 16.3. The minimum atomic E-state index is -0.589. The van der Waals surface area contributed by atoms with Gasteiger partial charge in [0.25, 0.3) is 5.91 Å². The molecule has 0 saturated heterocycles. The van der Waals surface area contributed by atoms with E-state index in [0.717, 1.165) is 25.7 Å². The van der Waals surface area contributed by atoms with Crippen molar-refractivity contribution in [2.24, 2.45) is 7.05 Å². The predicted octanol–water partition coefficient (Wildman–Crippen LogP) is 6.07. The number of nitrogens with one attached hydrogen (secondary N) is 2. The van der Waals surface area contributed by atoms with Crippen LogP contribution < -0.4 is 10.6 Å². The molecule has 3 rings (SSSR count). The molecule has 0 aliphatic carbocycles. The second-order valence-corrected chi connectivity index (χ2v) is 7.67. The third-order valence-corrected chi connectivity index (χ3v) is 5.36. The molecule has 0 atom stereocenters. The number of hydrogen-bond donors (Lipinski definition) is 2. The molecule has 2 aromatic carbocycles. The summed E-state index contributed by atoms with van der Waals surface area (Å²) in [6.07, 6.45) is 4.15. The molecule has 0 aliphatic rings. The van der Waals surface area contributed by atoms with Crippen molar-refractivity contribution in [2.75, 3.05) is 11.9 Å². The largest absolute Gasteiger partial charge is 0.352 e. The van der Waals surface area contributed by atoms with Gasteiger partial charge in [0.15, 0.2) is 0 Å². The summed E-state index contributed by atoms with van der Waals surface area (Å²) in [6.45, 7) is 2.65. The molecule has 0 radical (unpaired) electrons. The molecule has 154 valence electrons. The Morgan fingerprint density at radius 2 is 1.90 bits per heavy atom. The number of anilines is 2. The van der Waals surface area contributed by atoms with Crippen LogP contribution in [0.4, 0.5) is 16.0 Å². The number of carbonyl (C=O) groups is 1. The summed E-state index contributed by atoms with van der Waals surface area (Å²) in [4.78, 5) is 16.9. The Labute approximate surface area is 179 Å². The third kappa shape index (κ3) is 4.82. The number of aromatic nitrogens is 2. The molecule has 0 unspecified atom stereocenters. The van der Waals surface area contributed by atoms with E-state index in [2.05, 4.69) is 22.5 Å². The minimum absolute atomic E-state index is 0.0200. The summed E-state index contributed by atoms with van der Waals surface area (Å²) in [7, 11) is 1.75. The van der Waals surface area contributed by atoms with Gasteiger partial charge in [0, 0.05) is 19.7 Å². The van der Waals surface area contributed by atoms with Gasteiger partial charge in [-0.3, -0.25) is 4.79 Å². The number of hydrogen-bond acceptors (Lipinski definition) is 3. The van der Waals surface area contributed by atoms with E-state index in [1.54, 1.807) is 29.8 Å². The van der Waals surface area contributed by atoms with E-state index in [1.165, 1.54) is 12.1 Å². The van der Waals surface area contributed by atoms with Gasteiger partial charge in [0.2, 0.25) is 5.95 Å². The maximum absolute atomic E-state index is 14.6. The number of rotatable bonds is 8. The Morgan fingerprint density at radius 3 is 2.59 bits per heavy atom. The molecule has 0 aliphatic heterocycles. The van der Waals surface area contributed by atoms with Crippen LogP contribution in [0.2, 0.25) is 10.0 Å². The molecular weight excluding hydrogens is 414 g/mol. The molecule has 1 heterocycles. The molecule has 3 aromatic rings. The summed E-state index contributed by atoms with van der Waals surface area (Å²) in [6, 6.07) is 7.94. The average Bonchev–Trinajstić information content (AvgIpc) is 2.99. The van der Waals surface area contributed by atoms with E-state index in [-0.39, 0.29) is 5.56 Å². The molecule has 29 heavy (non-hydrogen) atoms. The van der Waals surface area contributed by atoms with Crippen LogP contribution in [-0.2, 0) is 7.05 Å². The summed E-state index contributed by atoms with van der Waals surface area (Å²) in [5.41, 5.74) is 1.54. The lowest BCUT2D eigenvalue weighted by Crippen LogP contribution is -2.25. The van der Waals surface area contributed by atoms with Crippen molar-refractivity contribution >= 4 is 51.8 Å². The summed E-state index contributed by atoms with van der Waals surface area (Å²) >= 11 is 12.4. The maximum Gasteiger partial charge on any atom is 0.254 e. The third-order valence-electron chi connectivity index (χ3n) is 4.73. The quantitative estimate of drug-likeness (QED) is 0.421. The molecule has 5 nitrogen and oxygen atoms in total. The zero-order valence-electron chi connectivity index (χ0n) is 16.4. The van der Waals surface area contributed by atoms with Gasteiger partial charge in [-0.2, -0.15) is 0 Å². The van der Waals surface area contributed by atoms with Gasteiger partial charge in [0.1, 0.15) is 5.82 Å². The second kappa shape index (κ2) is 9.46. The van der Waals surface area contributed by atoms with Crippen LogP contribution in [-0.4, -0.2) is 22.0 Å². The molecule has 1 aromatic heterocycles. The fourth-order valence-corrected chi connectivity index (χ4v) is 3.57. The lowest BCUT2D eigenvalue weighted by molar-refractivity contribution is 0.0949. The lowest BCUT2D eigenvalue weighted by atomic mass is 10.1. The monoisotopic (exact) mass is 436 g/mol. The van der Waals surface area contributed by atoms with E-state index in [0.29, 0.717) is 39.3 Å². The summed E-state index contributed by atoms with van der Waals surface area (Å²) in [5, 5.41) is 6.75. The highest BCUT2D eigenvalue weighted by molar-refractivity contribution is 6.39. The van der Waals surface area contributed by atoms with Crippen LogP contribution in [0.15, 0.2) is 30.3 Å². The normalized spacial score (nSPS) is 11.1. The molecule has 2 N–H and O–H groups in total. The lowest BCUT2D eigenvalue weighted by Gasteiger charge is -2.09. The van der Waals surface area contributed by atoms with Gasteiger partial charge in [0.05, 0.1) is 32.3 Å². The van der Waals surface area contributed by atoms with Crippen LogP contribution in [0, 0.1) is 5.82 Å². The number of carbonyl (C=O) groups excluding carboxylic acids is 1. The van der Waals surface area contributed by atoms with Gasteiger partial charge in [-0.15, -0.1) is 0 Å². The molecule has 0 bridgehead atoms. The van der Waals surface area contributed by atoms with Crippen LogP contribution >= 0.6 is 23.2 Å². The van der Waals surface area contributed by atoms with Crippen molar-refractivity contribution in [3.8, 4) is 0 Å². The Balaban J connectivity index is 1.84. The number of para-hydroxylation sites is 1. The first-order chi connectivity index (χ1) is 13.9. The van der Waals surface area contributed by atoms with Crippen molar-refractivity contribution < 1.29 is 9.18 Å². The molecule has 0 spiro atoms. The molecule has 0 fully saturated rings. The first-order valence-electron chi connectivity index (χ1n) is 9.57. The van der Waals surface area contributed by atoms with Crippen molar-refractivity contribution in [3.05, 3.63) is 51.8 Å². The Bertz CT molecular complexity index is 1010. The number of amides is 1. The fraction of sp³-hybridized carbons (Fsp3) is 0.333. The van der Waals surface area contributed by atoms with Gasteiger partial charge < -0.3 is 15.2 Å². The van der Waals surface area contributed by atoms with Crippen molar-refractivity contribution in [1.29, 1.82) is 0 Å².